The van der Waals surface area contributed by atoms with Gasteiger partial charge in [-0.3, -0.25) is 5.32 Å². The number of hydrogen-bond acceptors (Lipinski definition) is 1. The Bertz CT molecular complexity index is 145. The lowest BCUT2D eigenvalue weighted by molar-refractivity contribution is 0.197. The van der Waals surface area contributed by atoms with Crippen molar-refractivity contribution in [3.8, 4) is 0 Å². The molecule has 0 aliphatic rings. The zero-order chi connectivity index (χ0) is 7.44. The van der Waals surface area contributed by atoms with Crippen LogP contribution in [0.5, 0.6) is 0 Å². The molecule has 0 rings (SSSR count). The molecule has 0 unspecified atom stereocenters. The van der Waals surface area contributed by atoms with Crippen molar-refractivity contribution in [1.29, 1.82) is 0 Å². The highest BCUT2D eigenvalue weighted by Gasteiger charge is 1.94. The summed E-state index contributed by atoms with van der Waals surface area (Å²) < 4.78 is 0. The molecule has 0 saturated heterocycles. The molecule has 0 spiro atoms. The summed E-state index contributed by atoms with van der Waals surface area (Å²) in [5.41, 5.74) is 1.68. The van der Waals surface area contributed by atoms with Gasteiger partial charge in [-0.25, -0.2) is 4.79 Å². The third kappa shape index (κ3) is 3.58. The van der Waals surface area contributed by atoms with E-state index in [0.29, 0.717) is 5.70 Å². The van der Waals surface area contributed by atoms with E-state index in [1.165, 1.54) is 0 Å². The number of nitrogens with one attached hydrogen (secondary N) is 1. The Kier molecular flexibility index (Phi) is 2.78. The SMILES string of the molecule is CC(C)=C(C)NC(=O)O. The van der Waals surface area contributed by atoms with E-state index >= 15 is 0 Å². The Labute approximate surface area is 54.4 Å². The van der Waals surface area contributed by atoms with Crippen molar-refractivity contribution < 1.29 is 9.90 Å². The molecular formula is C6H11NO2. The highest BCUT2D eigenvalue weighted by Crippen LogP contribution is 1.95. The van der Waals surface area contributed by atoms with E-state index in [2.05, 4.69) is 5.32 Å². The van der Waals surface area contributed by atoms with Gasteiger partial charge in [0.2, 0.25) is 0 Å². The number of carboxylic acid groups (broad SMARTS) is 1. The van der Waals surface area contributed by atoms with Gasteiger partial charge in [0.1, 0.15) is 0 Å². The predicted molar refractivity (Wildman–Crippen MR) is 35.2 cm³/mol. The number of allylic oxidation sites excluding steroid dienone is 2. The van der Waals surface area contributed by atoms with E-state index in [4.69, 9.17) is 5.11 Å². The van der Waals surface area contributed by atoms with Crippen LogP contribution >= 0.6 is 0 Å². The molecule has 0 heterocycles. The van der Waals surface area contributed by atoms with E-state index in [-0.39, 0.29) is 0 Å². The molecule has 0 aliphatic carbocycles. The highest BCUT2D eigenvalue weighted by atomic mass is 16.4. The van der Waals surface area contributed by atoms with E-state index in [9.17, 15) is 4.79 Å². The maximum absolute atomic E-state index is 9.97. The maximum Gasteiger partial charge on any atom is 0.408 e. The van der Waals surface area contributed by atoms with Gasteiger partial charge in [-0.2, -0.15) is 0 Å². The molecular weight excluding hydrogens is 118 g/mol. The molecule has 0 aliphatic heterocycles. The Hall–Kier alpha value is -0.990. The van der Waals surface area contributed by atoms with Crippen molar-refractivity contribution in [3.63, 3.8) is 0 Å². The second-order valence-electron chi connectivity index (χ2n) is 2.06. The molecule has 0 bridgehead atoms. The third-order valence-corrected chi connectivity index (χ3v) is 1.04. The summed E-state index contributed by atoms with van der Waals surface area (Å²) in [5, 5.41) is 10.4. The predicted octanol–water partition coefficient (Wildman–Crippen LogP) is 1.57. The van der Waals surface area contributed by atoms with Crippen LogP contribution in [0.3, 0.4) is 0 Å². The number of rotatable bonds is 1. The summed E-state index contributed by atoms with van der Waals surface area (Å²) in [6.45, 7) is 5.43. The molecule has 1 amide bonds. The first-order chi connectivity index (χ1) is 4.04. The zero-order valence-electron chi connectivity index (χ0n) is 5.86. The van der Waals surface area contributed by atoms with E-state index in [1.807, 2.05) is 13.8 Å². The van der Waals surface area contributed by atoms with E-state index < -0.39 is 6.09 Å². The fourth-order valence-corrected chi connectivity index (χ4v) is 0.285. The fourth-order valence-electron chi connectivity index (χ4n) is 0.285. The van der Waals surface area contributed by atoms with Crippen LogP contribution in [0.15, 0.2) is 11.3 Å². The van der Waals surface area contributed by atoms with Crippen LogP contribution in [0, 0.1) is 0 Å². The average molecular weight is 129 g/mol. The lowest BCUT2D eigenvalue weighted by Crippen LogP contribution is -2.18. The van der Waals surface area contributed by atoms with Gasteiger partial charge in [0, 0.05) is 5.70 Å². The van der Waals surface area contributed by atoms with Gasteiger partial charge in [0.05, 0.1) is 0 Å². The first kappa shape index (κ1) is 8.01. The van der Waals surface area contributed by atoms with Crippen LogP contribution in [-0.2, 0) is 0 Å². The quantitative estimate of drug-likeness (QED) is 0.564. The second kappa shape index (κ2) is 3.12. The molecule has 0 aromatic carbocycles. The minimum absolute atomic E-state index is 0.697. The van der Waals surface area contributed by atoms with Gasteiger partial charge < -0.3 is 5.11 Å². The van der Waals surface area contributed by atoms with Crippen LogP contribution in [0.4, 0.5) is 4.79 Å². The molecule has 3 heteroatoms. The Morgan fingerprint density at radius 3 is 1.89 bits per heavy atom. The van der Waals surface area contributed by atoms with E-state index in [0.717, 1.165) is 5.57 Å². The van der Waals surface area contributed by atoms with E-state index in [1.54, 1.807) is 6.92 Å². The zero-order valence-corrected chi connectivity index (χ0v) is 5.86. The summed E-state index contributed by atoms with van der Waals surface area (Å²) in [6, 6.07) is 0. The van der Waals surface area contributed by atoms with Crippen LogP contribution < -0.4 is 5.32 Å². The van der Waals surface area contributed by atoms with Gasteiger partial charge >= 0.3 is 6.09 Å². The van der Waals surface area contributed by atoms with Crippen molar-refractivity contribution in [3.05, 3.63) is 11.3 Å². The summed E-state index contributed by atoms with van der Waals surface area (Å²) >= 11 is 0. The molecule has 0 aromatic heterocycles. The standard InChI is InChI=1S/C6H11NO2/c1-4(2)5(3)7-6(8)9/h7H,1-3H3,(H,8,9). The number of hydrogen-bond donors (Lipinski definition) is 2. The summed E-state index contributed by atoms with van der Waals surface area (Å²) in [4.78, 5) is 9.97. The Morgan fingerprint density at radius 2 is 1.78 bits per heavy atom. The van der Waals surface area contributed by atoms with Crippen LogP contribution in [0.25, 0.3) is 0 Å². The minimum Gasteiger partial charge on any atom is -0.465 e. The number of amides is 1. The van der Waals surface area contributed by atoms with Gasteiger partial charge in [0.15, 0.2) is 0 Å². The van der Waals surface area contributed by atoms with Gasteiger partial charge in [-0.05, 0) is 20.8 Å². The summed E-state index contributed by atoms with van der Waals surface area (Å²) in [7, 11) is 0. The average Bonchev–Trinajstić information content (AvgIpc) is 1.63. The summed E-state index contributed by atoms with van der Waals surface area (Å²) in [5.74, 6) is 0. The molecule has 2 N–H and O–H groups in total. The lowest BCUT2D eigenvalue weighted by Gasteiger charge is -2.00. The molecule has 3 nitrogen and oxygen atoms in total. The van der Waals surface area contributed by atoms with Crippen molar-refractivity contribution in [2.75, 3.05) is 0 Å². The van der Waals surface area contributed by atoms with Crippen LogP contribution in [0.2, 0.25) is 0 Å². The largest absolute Gasteiger partial charge is 0.465 e. The van der Waals surface area contributed by atoms with Crippen molar-refractivity contribution in [2.45, 2.75) is 20.8 Å². The fraction of sp³-hybridized carbons (Fsp3) is 0.500. The van der Waals surface area contributed by atoms with Crippen LogP contribution in [0.1, 0.15) is 20.8 Å². The topological polar surface area (TPSA) is 49.3 Å². The number of carbonyl (C=O) groups is 1. The van der Waals surface area contributed by atoms with Crippen molar-refractivity contribution in [2.24, 2.45) is 0 Å². The Morgan fingerprint density at radius 1 is 1.33 bits per heavy atom. The molecule has 0 fully saturated rings. The molecule has 0 atom stereocenters. The molecule has 9 heavy (non-hydrogen) atoms. The van der Waals surface area contributed by atoms with Gasteiger partial charge in [-0.15, -0.1) is 0 Å². The molecule has 0 aromatic rings. The Balaban J connectivity index is 3.92. The highest BCUT2D eigenvalue weighted by molar-refractivity contribution is 5.66. The van der Waals surface area contributed by atoms with Crippen molar-refractivity contribution >= 4 is 6.09 Å². The monoisotopic (exact) mass is 129 g/mol. The van der Waals surface area contributed by atoms with Crippen molar-refractivity contribution in [1.82, 2.24) is 5.32 Å². The van der Waals surface area contributed by atoms with Gasteiger partial charge in [-0.1, -0.05) is 5.57 Å². The second-order valence-corrected chi connectivity index (χ2v) is 2.06. The minimum atomic E-state index is -1.01. The summed E-state index contributed by atoms with van der Waals surface area (Å²) in [6.07, 6.45) is -1.01. The third-order valence-electron chi connectivity index (χ3n) is 1.04. The molecule has 52 valence electrons. The van der Waals surface area contributed by atoms with Crippen LogP contribution in [-0.4, -0.2) is 11.2 Å². The molecule has 0 saturated carbocycles. The lowest BCUT2D eigenvalue weighted by atomic mass is 10.3. The first-order valence-electron chi connectivity index (χ1n) is 2.68. The first-order valence-corrected chi connectivity index (χ1v) is 2.68. The van der Waals surface area contributed by atoms with Gasteiger partial charge in [0.25, 0.3) is 0 Å². The maximum atomic E-state index is 9.97. The molecule has 0 radical (unpaired) electrons. The smallest absolute Gasteiger partial charge is 0.408 e. The normalized spacial score (nSPS) is 8.33.